The molecule has 1 aliphatic rings. The van der Waals surface area contributed by atoms with Crippen LogP contribution in [0.5, 0.6) is 0 Å². The largest absolute Gasteiger partial charge is 0.444 e. The summed E-state index contributed by atoms with van der Waals surface area (Å²) in [6.45, 7) is 9.20. The second-order valence-corrected chi connectivity index (χ2v) is 7.27. The zero-order valence-corrected chi connectivity index (χ0v) is 15.5. The van der Waals surface area contributed by atoms with Crippen molar-refractivity contribution in [3.05, 3.63) is 41.0 Å². The maximum absolute atomic E-state index is 12.1. The molecule has 1 amide bonds. The van der Waals surface area contributed by atoms with Crippen molar-refractivity contribution in [1.29, 1.82) is 10.5 Å². The van der Waals surface area contributed by atoms with Gasteiger partial charge in [-0.15, -0.1) is 0 Å². The van der Waals surface area contributed by atoms with Crippen LogP contribution in [-0.2, 0) is 11.3 Å². The Morgan fingerprint density at radius 1 is 1.19 bits per heavy atom. The number of amides is 1. The average molecular weight is 352 g/mol. The Morgan fingerprint density at radius 2 is 1.85 bits per heavy atom. The third-order valence-corrected chi connectivity index (χ3v) is 3.93. The Hall–Kier alpha value is -2.83. The fourth-order valence-electron chi connectivity index (χ4n) is 2.71. The zero-order chi connectivity index (χ0) is 19.2. The molecule has 2 rings (SSSR count). The predicted octanol–water partition coefficient (Wildman–Crippen LogP) is 3.17. The lowest BCUT2D eigenvalue weighted by atomic mass is 10.1. The first-order valence-electron chi connectivity index (χ1n) is 8.62. The maximum Gasteiger partial charge on any atom is 0.410 e. The molecule has 0 N–H and O–H groups in total. The minimum atomic E-state index is -0.478. The fourth-order valence-corrected chi connectivity index (χ4v) is 2.71. The molecule has 0 bridgehead atoms. The van der Waals surface area contributed by atoms with Crippen LogP contribution in [0.2, 0.25) is 0 Å². The van der Waals surface area contributed by atoms with E-state index in [1.54, 1.807) is 11.0 Å². The summed E-state index contributed by atoms with van der Waals surface area (Å²) in [5, 5.41) is 17.7. The molecule has 0 saturated carbocycles. The molecule has 1 heterocycles. The number of carbonyl (C=O) groups is 1. The molecule has 136 valence electrons. The van der Waals surface area contributed by atoms with E-state index in [0.29, 0.717) is 13.1 Å². The van der Waals surface area contributed by atoms with E-state index in [1.807, 2.05) is 57.2 Å². The first kappa shape index (κ1) is 19.5. The van der Waals surface area contributed by atoms with Gasteiger partial charge in [0.1, 0.15) is 23.3 Å². The highest BCUT2D eigenvalue weighted by atomic mass is 16.6. The van der Waals surface area contributed by atoms with Crippen molar-refractivity contribution in [3.8, 4) is 12.1 Å². The molecule has 1 aromatic carbocycles. The van der Waals surface area contributed by atoms with Gasteiger partial charge in [-0.1, -0.05) is 24.3 Å². The highest BCUT2D eigenvalue weighted by Gasteiger charge is 2.25. The van der Waals surface area contributed by atoms with Crippen molar-refractivity contribution < 1.29 is 9.53 Å². The highest BCUT2D eigenvalue weighted by molar-refractivity contribution is 5.68. The van der Waals surface area contributed by atoms with Crippen LogP contribution in [0.1, 0.15) is 31.9 Å². The van der Waals surface area contributed by atoms with Crippen molar-refractivity contribution in [2.45, 2.75) is 32.9 Å². The molecular formula is C20H24N4O2. The van der Waals surface area contributed by atoms with Crippen molar-refractivity contribution in [2.24, 2.45) is 0 Å². The smallest absolute Gasteiger partial charge is 0.410 e. The van der Waals surface area contributed by atoms with E-state index in [-0.39, 0.29) is 11.7 Å². The Labute approximate surface area is 154 Å². The lowest BCUT2D eigenvalue weighted by Crippen LogP contribution is -2.49. The number of carbonyl (C=O) groups excluding carboxylic acids is 1. The molecule has 0 atom stereocenters. The number of nitrogens with zero attached hydrogens (tertiary/aromatic N) is 4. The first-order chi connectivity index (χ1) is 12.3. The van der Waals surface area contributed by atoms with Gasteiger partial charge in [0.25, 0.3) is 0 Å². The molecule has 0 unspecified atom stereocenters. The summed E-state index contributed by atoms with van der Waals surface area (Å²) in [7, 11) is 0. The average Bonchev–Trinajstić information content (AvgIpc) is 2.59. The van der Waals surface area contributed by atoms with Gasteiger partial charge < -0.3 is 9.64 Å². The SMILES string of the molecule is CC(C)(C)OC(=O)N1CCN(Cc2cccc(C=C(C#N)C#N)c2)CC1. The van der Waals surface area contributed by atoms with Gasteiger partial charge in [-0.2, -0.15) is 10.5 Å². The van der Waals surface area contributed by atoms with Crippen molar-refractivity contribution in [2.75, 3.05) is 26.2 Å². The molecule has 1 aromatic rings. The van der Waals surface area contributed by atoms with Gasteiger partial charge in [0.2, 0.25) is 0 Å². The first-order valence-corrected chi connectivity index (χ1v) is 8.62. The molecule has 6 heteroatoms. The van der Waals surface area contributed by atoms with Gasteiger partial charge in [-0.05, 0) is 38.0 Å². The molecule has 26 heavy (non-hydrogen) atoms. The second kappa shape index (κ2) is 8.51. The van der Waals surface area contributed by atoms with Crippen molar-refractivity contribution >= 4 is 12.2 Å². The Kier molecular flexibility index (Phi) is 6.38. The van der Waals surface area contributed by atoms with E-state index in [1.165, 1.54) is 0 Å². The van der Waals surface area contributed by atoms with Crippen LogP contribution in [-0.4, -0.2) is 47.7 Å². The van der Waals surface area contributed by atoms with E-state index in [0.717, 1.165) is 30.8 Å². The Bertz CT molecular complexity index is 741. The number of allylic oxidation sites excluding steroid dienone is 1. The van der Waals surface area contributed by atoms with Gasteiger partial charge in [0.05, 0.1) is 0 Å². The maximum atomic E-state index is 12.1. The lowest BCUT2D eigenvalue weighted by Gasteiger charge is -2.35. The van der Waals surface area contributed by atoms with Crippen LogP contribution in [0, 0.1) is 22.7 Å². The van der Waals surface area contributed by atoms with E-state index in [2.05, 4.69) is 4.90 Å². The summed E-state index contributed by atoms with van der Waals surface area (Å²) in [6, 6.07) is 11.5. The molecule has 6 nitrogen and oxygen atoms in total. The van der Waals surface area contributed by atoms with Crippen LogP contribution in [0.3, 0.4) is 0 Å². The molecule has 0 aromatic heterocycles. The monoisotopic (exact) mass is 352 g/mol. The number of hydrogen-bond donors (Lipinski definition) is 0. The lowest BCUT2D eigenvalue weighted by molar-refractivity contribution is 0.0139. The van der Waals surface area contributed by atoms with Gasteiger partial charge in [-0.3, -0.25) is 4.90 Å². The molecule has 1 fully saturated rings. The second-order valence-electron chi connectivity index (χ2n) is 7.27. The third kappa shape index (κ3) is 5.91. The third-order valence-electron chi connectivity index (χ3n) is 3.93. The van der Waals surface area contributed by atoms with Crippen LogP contribution >= 0.6 is 0 Å². The quantitative estimate of drug-likeness (QED) is 0.781. The van der Waals surface area contributed by atoms with Crippen LogP contribution in [0.25, 0.3) is 6.08 Å². The molecule has 0 aliphatic carbocycles. The Morgan fingerprint density at radius 3 is 2.42 bits per heavy atom. The summed E-state index contributed by atoms with van der Waals surface area (Å²) in [5.74, 6) is 0. The number of benzene rings is 1. The summed E-state index contributed by atoms with van der Waals surface area (Å²) in [4.78, 5) is 16.1. The molecule has 0 spiro atoms. The Balaban J connectivity index is 1.92. The van der Waals surface area contributed by atoms with Crippen LogP contribution in [0.15, 0.2) is 29.8 Å². The number of ether oxygens (including phenoxy) is 1. The van der Waals surface area contributed by atoms with Gasteiger partial charge in [0, 0.05) is 32.7 Å². The molecule has 1 saturated heterocycles. The minimum Gasteiger partial charge on any atom is -0.444 e. The molecular weight excluding hydrogens is 328 g/mol. The summed E-state index contributed by atoms with van der Waals surface area (Å²) in [6.07, 6.45) is 1.33. The predicted molar refractivity (Wildman–Crippen MR) is 98.7 cm³/mol. The van der Waals surface area contributed by atoms with Gasteiger partial charge >= 0.3 is 6.09 Å². The van der Waals surface area contributed by atoms with Crippen molar-refractivity contribution in [3.63, 3.8) is 0 Å². The van der Waals surface area contributed by atoms with Crippen molar-refractivity contribution in [1.82, 2.24) is 9.80 Å². The fraction of sp³-hybridized carbons (Fsp3) is 0.450. The highest BCUT2D eigenvalue weighted by Crippen LogP contribution is 2.15. The molecule has 0 radical (unpaired) electrons. The van der Waals surface area contributed by atoms with E-state index in [4.69, 9.17) is 15.3 Å². The molecule has 1 aliphatic heterocycles. The van der Waals surface area contributed by atoms with E-state index >= 15 is 0 Å². The number of rotatable bonds is 3. The van der Waals surface area contributed by atoms with Gasteiger partial charge in [0.15, 0.2) is 0 Å². The number of piperazine rings is 1. The van der Waals surface area contributed by atoms with Crippen LogP contribution < -0.4 is 0 Å². The topological polar surface area (TPSA) is 80.4 Å². The van der Waals surface area contributed by atoms with E-state index < -0.39 is 5.60 Å². The minimum absolute atomic E-state index is 0.0909. The summed E-state index contributed by atoms with van der Waals surface area (Å²) >= 11 is 0. The normalized spacial score (nSPS) is 14.9. The van der Waals surface area contributed by atoms with E-state index in [9.17, 15) is 4.79 Å². The number of hydrogen-bond acceptors (Lipinski definition) is 5. The summed E-state index contributed by atoms with van der Waals surface area (Å²) < 4.78 is 5.41. The number of nitriles is 2. The van der Waals surface area contributed by atoms with Crippen LogP contribution in [0.4, 0.5) is 4.79 Å². The standard InChI is InChI=1S/C20H24N4O2/c1-20(2,3)26-19(25)24-9-7-23(8-10-24)15-17-6-4-5-16(11-17)12-18(13-21)14-22/h4-6,11-12H,7-10,15H2,1-3H3. The zero-order valence-electron chi connectivity index (χ0n) is 15.5. The van der Waals surface area contributed by atoms with Gasteiger partial charge in [-0.25, -0.2) is 4.79 Å². The summed E-state index contributed by atoms with van der Waals surface area (Å²) in [5.41, 5.74) is 1.56.